The molecule has 1 fully saturated rings. The first kappa shape index (κ1) is 13.3. The first-order valence-electron chi connectivity index (χ1n) is 7.22. The molecule has 0 spiro atoms. The third kappa shape index (κ3) is 2.75. The SMILES string of the molecule is C[C@H](c1ccc(F)cc1)N1CCC(c2cn[nH]c2)CC1. The predicted octanol–water partition coefficient (Wildman–Crippen LogP) is 3.49. The molecule has 1 atom stereocenters. The summed E-state index contributed by atoms with van der Waals surface area (Å²) in [6.07, 6.45) is 6.25. The molecule has 4 heteroatoms. The van der Waals surface area contributed by atoms with E-state index in [4.69, 9.17) is 0 Å². The van der Waals surface area contributed by atoms with Crippen LogP contribution in [0.4, 0.5) is 4.39 Å². The number of halogens is 1. The summed E-state index contributed by atoms with van der Waals surface area (Å²) in [6.45, 7) is 4.36. The fourth-order valence-electron chi connectivity index (χ4n) is 3.06. The van der Waals surface area contributed by atoms with Gasteiger partial charge in [0.2, 0.25) is 0 Å². The lowest BCUT2D eigenvalue weighted by atomic mass is 9.90. The van der Waals surface area contributed by atoms with Crippen molar-refractivity contribution in [2.24, 2.45) is 0 Å². The third-order valence-corrected chi connectivity index (χ3v) is 4.42. The second kappa shape index (κ2) is 5.75. The summed E-state index contributed by atoms with van der Waals surface area (Å²) < 4.78 is 13.0. The predicted molar refractivity (Wildman–Crippen MR) is 77.0 cm³/mol. The summed E-state index contributed by atoms with van der Waals surface area (Å²) in [6, 6.07) is 7.22. The Morgan fingerprint density at radius 1 is 1.25 bits per heavy atom. The molecule has 0 bridgehead atoms. The van der Waals surface area contributed by atoms with Crippen LogP contribution in [0, 0.1) is 5.82 Å². The number of nitrogens with zero attached hydrogens (tertiary/aromatic N) is 2. The maximum Gasteiger partial charge on any atom is 0.123 e. The van der Waals surface area contributed by atoms with Crippen LogP contribution in [0.3, 0.4) is 0 Å². The average molecular weight is 273 g/mol. The van der Waals surface area contributed by atoms with Crippen molar-refractivity contribution in [2.45, 2.75) is 31.7 Å². The summed E-state index contributed by atoms with van der Waals surface area (Å²) >= 11 is 0. The van der Waals surface area contributed by atoms with E-state index >= 15 is 0 Å². The van der Waals surface area contributed by atoms with E-state index in [1.54, 1.807) is 12.1 Å². The Labute approximate surface area is 118 Å². The Morgan fingerprint density at radius 2 is 1.95 bits per heavy atom. The van der Waals surface area contributed by atoms with Gasteiger partial charge in [0.05, 0.1) is 6.20 Å². The van der Waals surface area contributed by atoms with Crippen molar-refractivity contribution < 1.29 is 4.39 Å². The van der Waals surface area contributed by atoms with Crippen LogP contribution in [-0.2, 0) is 0 Å². The molecule has 1 aliphatic rings. The fraction of sp³-hybridized carbons (Fsp3) is 0.438. The van der Waals surface area contributed by atoms with Crippen molar-refractivity contribution in [3.05, 3.63) is 53.6 Å². The molecule has 20 heavy (non-hydrogen) atoms. The summed E-state index contributed by atoms with van der Waals surface area (Å²) in [4.78, 5) is 2.48. The molecule has 0 amide bonds. The number of benzene rings is 1. The Bertz CT molecular complexity index is 527. The molecule has 0 unspecified atom stereocenters. The van der Waals surface area contributed by atoms with Crippen LogP contribution in [0.25, 0.3) is 0 Å². The van der Waals surface area contributed by atoms with Gasteiger partial charge in [0, 0.05) is 12.2 Å². The molecule has 2 heterocycles. The minimum atomic E-state index is -0.167. The van der Waals surface area contributed by atoms with E-state index in [2.05, 4.69) is 22.0 Å². The molecule has 2 aromatic rings. The maximum absolute atomic E-state index is 13.0. The molecule has 0 radical (unpaired) electrons. The number of rotatable bonds is 3. The first-order valence-corrected chi connectivity index (χ1v) is 7.22. The molecule has 1 aromatic carbocycles. The van der Waals surface area contributed by atoms with Crippen LogP contribution in [0.2, 0.25) is 0 Å². The Balaban J connectivity index is 1.61. The van der Waals surface area contributed by atoms with Gasteiger partial charge in [-0.25, -0.2) is 4.39 Å². The standard InChI is InChI=1S/C16H20FN3/c1-12(13-2-4-16(17)5-3-13)20-8-6-14(7-9-20)15-10-18-19-11-15/h2-5,10-12,14H,6-9H2,1H3,(H,18,19)/t12-/m1/s1. The van der Waals surface area contributed by atoms with Gasteiger partial charge in [-0.15, -0.1) is 0 Å². The van der Waals surface area contributed by atoms with Gasteiger partial charge < -0.3 is 0 Å². The van der Waals surface area contributed by atoms with Crippen LogP contribution in [0.1, 0.15) is 42.9 Å². The van der Waals surface area contributed by atoms with Gasteiger partial charge in [0.1, 0.15) is 5.82 Å². The summed E-state index contributed by atoms with van der Waals surface area (Å²) in [5.74, 6) is 0.449. The lowest BCUT2D eigenvalue weighted by molar-refractivity contribution is 0.162. The number of aromatic amines is 1. The normalized spacial score (nSPS) is 19.1. The monoisotopic (exact) mass is 273 g/mol. The first-order chi connectivity index (χ1) is 9.74. The van der Waals surface area contributed by atoms with E-state index in [-0.39, 0.29) is 5.82 Å². The molecule has 1 N–H and O–H groups in total. The van der Waals surface area contributed by atoms with Gasteiger partial charge in [-0.2, -0.15) is 5.10 Å². The van der Waals surface area contributed by atoms with Crippen molar-refractivity contribution in [3.63, 3.8) is 0 Å². The molecule has 0 aliphatic carbocycles. The van der Waals surface area contributed by atoms with E-state index in [1.165, 1.54) is 11.1 Å². The highest BCUT2D eigenvalue weighted by Gasteiger charge is 2.24. The second-order valence-electron chi connectivity index (χ2n) is 5.57. The topological polar surface area (TPSA) is 31.9 Å². The number of likely N-dealkylation sites (tertiary alicyclic amines) is 1. The molecular weight excluding hydrogens is 253 g/mol. The van der Waals surface area contributed by atoms with Crippen LogP contribution in [0.5, 0.6) is 0 Å². The quantitative estimate of drug-likeness (QED) is 0.928. The zero-order valence-electron chi connectivity index (χ0n) is 11.7. The molecule has 106 valence electrons. The van der Waals surface area contributed by atoms with Crippen molar-refractivity contribution >= 4 is 0 Å². The number of aromatic nitrogens is 2. The number of nitrogens with one attached hydrogen (secondary N) is 1. The molecule has 1 aromatic heterocycles. The lowest BCUT2D eigenvalue weighted by Gasteiger charge is -2.36. The zero-order valence-corrected chi connectivity index (χ0v) is 11.7. The van der Waals surface area contributed by atoms with Gasteiger partial charge in [-0.05, 0) is 62.0 Å². The van der Waals surface area contributed by atoms with Gasteiger partial charge in [0.25, 0.3) is 0 Å². The van der Waals surface area contributed by atoms with E-state index in [0.717, 1.165) is 25.9 Å². The average Bonchev–Trinajstić information content (AvgIpc) is 3.02. The zero-order chi connectivity index (χ0) is 13.9. The maximum atomic E-state index is 13.0. The van der Waals surface area contributed by atoms with Crippen molar-refractivity contribution in [3.8, 4) is 0 Å². The Morgan fingerprint density at radius 3 is 2.55 bits per heavy atom. The molecule has 1 aliphatic heterocycles. The smallest absolute Gasteiger partial charge is 0.123 e. The van der Waals surface area contributed by atoms with Crippen LogP contribution >= 0.6 is 0 Å². The number of piperidine rings is 1. The highest BCUT2D eigenvalue weighted by molar-refractivity contribution is 5.20. The molecular formula is C16H20FN3. The molecule has 3 nitrogen and oxygen atoms in total. The molecule has 1 saturated heterocycles. The highest BCUT2D eigenvalue weighted by Crippen LogP contribution is 2.31. The molecule has 0 saturated carbocycles. The summed E-state index contributed by atoms with van der Waals surface area (Å²) in [5.41, 5.74) is 2.51. The largest absolute Gasteiger partial charge is 0.297 e. The third-order valence-electron chi connectivity index (χ3n) is 4.42. The number of hydrogen-bond acceptors (Lipinski definition) is 2. The van der Waals surface area contributed by atoms with E-state index in [1.807, 2.05) is 24.5 Å². The lowest BCUT2D eigenvalue weighted by Crippen LogP contribution is -2.35. The second-order valence-corrected chi connectivity index (χ2v) is 5.57. The van der Waals surface area contributed by atoms with Crippen LogP contribution < -0.4 is 0 Å². The van der Waals surface area contributed by atoms with Gasteiger partial charge >= 0.3 is 0 Å². The van der Waals surface area contributed by atoms with Crippen LogP contribution in [-0.4, -0.2) is 28.2 Å². The van der Waals surface area contributed by atoms with Crippen LogP contribution in [0.15, 0.2) is 36.7 Å². The fourth-order valence-corrected chi connectivity index (χ4v) is 3.06. The van der Waals surface area contributed by atoms with Crippen molar-refractivity contribution in [2.75, 3.05) is 13.1 Å². The Kier molecular flexibility index (Phi) is 3.83. The summed E-state index contributed by atoms with van der Waals surface area (Å²) in [7, 11) is 0. The van der Waals surface area contributed by atoms with E-state index in [0.29, 0.717) is 12.0 Å². The summed E-state index contributed by atoms with van der Waals surface area (Å²) in [5, 5.41) is 6.93. The van der Waals surface area contributed by atoms with Crippen molar-refractivity contribution in [1.29, 1.82) is 0 Å². The molecule has 3 rings (SSSR count). The minimum Gasteiger partial charge on any atom is -0.297 e. The highest BCUT2D eigenvalue weighted by atomic mass is 19.1. The minimum absolute atomic E-state index is 0.167. The van der Waals surface area contributed by atoms with E-state index in [9.17, 15) is 4.39 Å². The Hall–Kier alpha value is -1.68. The van der Waals surface area contributed by atoms with Crippen molar-refractivity contribution in [1.82, 2.24) is 15.1 Å². The van der Waals surface area contributed by atoms with Gasteiger partial charge in [-0.1, -0.05) is 12.1 Å². The van der Waals surface area contributed by atoms with Gasteiger partial charge in [-0.3, -0.25) is 10.00 Å². The number of hydrogen-bond donors (Lipinski definition) is 1. The number of H-pyrrole nitrogens is 1. The van der Waals surface area contributed by atoms with Gasteiger partial charge in [0.15, 0.2) is 0 Å². The van der Waals surface area contributed by atoms with E-state index < -0.39 is 0 Å².